The molecule has 2 rings (SSSR count). The normalized spacial score (nSPS) is 11.6. The van der Waals surface area contributed by atoms with Crippen LogP contribution in [-0.4, -0.2) is 26.3 Å². The Balaban J connectivity index is 2.56. The molecule has 10 heteroatoms. The summed E-state index contributed by atoms with van der Waals surface area (Å²) in [6, 6.07) is 4.92. The number of anilines is 1. The van der Waals surface area contributed by atoms with Crippen LogP contribution in [0.1, 0.15) is 18.2 Å². The number of aromatic nitrogens is 2. The van der Waals surface area contributed by atoms with Crippen molar-refractivity contribution < 1.29 is 14.8 Å². The van der Waals surface area contributed by atoms with Gasteiger partial charge in [0.1, 0.15) is 0 Å². The Morgan fingerprint density at radius 1 is 1.44 bits per heavy atom. The van der Waals surface area contributed by atoms with E-state index in [2.05, 4.69) is 22.1 Å². The molecule has 0 spiro atoms. The highest BCUT2D eigenvalue weighted by atomic mass is 35.5. The van der Waals surface area contributed by atoms with Gasteiger partial charge in [-0.25, -0.2) is 4.79 Å². The molecule has 0 fully saturated rings. The highest BCUT2D eigenvalue weighted by molar-refractivity contribution is 6.32. The first-order chi connectivity index (χ1) is 11.8. The Bertz CT molecular complexity index is 843. The van der Waals surface area contributed by atoms with Crippen LogP contribution in [0.5, 0.6) is 0 Å². The minimum Gasteiger partial charge on any atom is -0.465 e. The molecular formula is C15H14ClN5O4. The number of halogens is 1. The van der Waals surface area contributed by atoms with Gasteiger partial charge < -0.3 is 10.8 Å². The van der Waals surface area contributed by atoms with Gasteiger partial charge in [0, 0.05) is 11.6 Å². The van der Waals surface area contributed by atoms with E-state index < -0.39 is 17.1 Å². The van der Waals surface area contributed by atoms with E-state index in [4.69, 9.17) is 22.4 Å². The number of nitro benzene ring substituents is 1. The fraction of sp³-hybridized carbons (Fsp3) is 0.133. The Morgan fingerprint density at radius 2 is 2.16 bits per heavy atom. The number of carboxylic acid groups (broad SMARTS) is 1. The summed E-state index contributed by atoms with van der Waals surface area (Å²) in [5, 5.41) is 29.8. The highest BCUT2D eigenvalue weighted by Crippen LogP contribution is 2.36. The number of benzene rings is 1. The maximum Gasteiger partial charge on any atom is 0.409 e. The zero-order valence-electron chi connectivity index (χ0n) is 12.8. The molecule has 25 heavy (non-hydrogen) atoms. The molecule has 1 amide bonds. The van der Waals surface area contributed by atoms with Gasteiger partial charge in [-0.3, -0.25) is 15.4 Å². The van der Waals surface area contributed by atoms with Crippen molar-refractivity contribution in [1.82, 2.24) is 10.2 Å². The first-order valence-corrected chi connectivity index (χ1v) is 7.39. The highest BCUT2D eigenvalue weighted by Gasteiger charge is 2.21. The van der Waals surface area contributed by atoms with Crippen molar-refractivity contribution in [3.63, 3.8) is 0 Å². The predicted octanol–water partition coefficient (Wildman–Crippen LogP) is 3.37. The van der Waals surface area contributed by atoms with Gasteiger partial charge in [0.2, 0.25) is 0 Å². The van der Waals surface area contributed by atoms with Crippen molar-refractivity contribution >= 4 is 29.1 Å². The molecule has 1 atom stereocenters. The molecule has 1 heterocycles. The van der Waals surface area contributed by atoms with Gasteiger partial charge in [0.25, 0.3) is 5.69 Å². The van der Waals surface area contributed by atoms with E-state index in [0.29, 0.717) is 12.1 Å². The summed E-state index contributed by atoms with van der Waals surface area (Å²) in [5.74, 6) is 0. The SMILES string of the molecule is C=CCC(N)c1cc(-c2ccc(NC(=O)O)cc2[N+](=O)[O-])c(Cl)nn1. The van der Waals surface area contributed by atoms with Gasteiger partial charge in [-0.2, -0.15) is 5.10 Å². The lowest BCUT2D eigenvalue weighted by Crippen LogP contribution is -2.12. The minimum absolute atomic E-state index is 0.0309. The second-order valence-electron chi connectivity index (χ2n) is 5.02. The molecule has 0 saturated heterocycles. The standard InChI is InChI=1S/C15H14ClN5O4/c1-2-3-11(17)12-7-10(14(16)20-19-12)9-5-4-8(18-15(22)23)6-13(9)21(24)25/h2,4-7,11,18H,1,3,17H2,(H,22,23). The summed E-state index contributed by atoms with van der Waals surface area (Å²) in [7, 11) is 0. The fourth-order valence-corrected chi connectivity index (χ4v) is 2.37. The number of nitrogens with two attached hydrogens (primary N) is 1. The van der Waals surface area contributed by atoms with E-state index in [9.17, 15) is 14.9 Å². The lowest BCUT2D eigenvalue weighted by Gasteiger charge is -2.11. The Kier molecular flexibility index (Phi) is 5.63. The van der Waals surface area contributed by atoms with Crippen LogP contribution in [0.3, 0.4) is 0 Å². The molecule has 0 bridgehead atoms. The smallest absolute Gasteiger partial charge is 0.409 e. The van der Waals surface area contributed by atoms with Gasteiger partial charge in [0.15, 0.2) is 5.15 Å². The average molecular weight is 364 g/mol. The maximum absolute atomic E-state index is 11.4. The molecule has 4 N–H and O–H groups in total. The van der Waals surface area contributed by atoms with E-state index in [1.54, 1.807) is 6.08 Å². The van der Waals surface area contributed by atoms with Crippen LogP contribution < -0.4 is 11.1 Å². The van der Waals surface area contributed by atoms with Crippen molar-refractivity contribution in [3.05, 3.63) is 57.9 Å². The second-order valence-corrected chi connectivity index (χ2v) is 5.38. The van der Waals surface area contributed by atoms with Gasteiger partial charge in [0.05, 0.1) is 27.9 Å². The maximum atomic E-state index is 11.4. The van der Waals surface area contributed by atoms with E-state index in [1.165, 1.54) is 18.2 Å². The van der Waals surface area contributed by atoms with E-state index in [1.807, 2.05) is 0 Å². The molecule has 1 aromatic carbocycles. The zero-order valence-corrected chi connectivity index (χ0v) is 13.6. The quantitative estimate of drug-likeness (QED) is 0.405. The van der Waals surface area contributed by atoms with Crippen LogP contribution in [0.4, 0.5) is 16.2 Å². The number of nitrogens with zero attached hydrogens (tertiary/aromatic N) is 3. The summed E-state index contributed by atoms with van der Waals surface area (Å²) in [6.07, 6.45) is 0.734. The van der Waals surface area contributed by atoms with Crippen LogP contribution in [-0.2, 0) is 0 Å². The molecule has 130 valence electrons. The third kappa shape index (κ3) is 4.28. The third-order valence-electron chi connectivity index (χ3n) is 3.30. The number of rotatable bonds is 6. The largest absolute Gasteiger partial charge is 0.465 e. The first-order valence-electron chi connectivity index (χ1n) is 7.01. The van der Waals surface area contributed by atoms with Crippen molar-refractivity contribution in [1.29, 1.82) is 0 Å². The number of hydrogen-bond acceptors (Lipinski definition) is 6. The zero-order chi connectivity index (χ0) is 18.6. The van der Waals surface area contributed by atoms with Gasteiger partial charge >= 0.3 is 6.09 Å². The Labute approximate surface area is 147 Å². The fourth-order valence-electron chi connectivity index (χ4n) is 2.17. The molecule has 0 aliphatic carbocycles. The number of amides is 1. The molecule has 2 aromatic rings. The third-order valence-corrected chi connectivity index (χ3v) is 3.58. The monoisotopic (exact) mass is 363 g/mol. The Hall–Kier alpha value is -3.04. The molecule has 1 unspecified atom stereocenters. The number of nitrogens with one attached hydrogen (secondary N) is 1. The van der Waals surface area contributed by atoms with E-state index in [-0.39, 0.29) is 27.7 Å². The topological polar surface area (TPSA) is 144 Å². The molecule has 0 saturated carbocycles. The lowest BCUT2D eigenvalue weighted by atomic mass is 10.0. The number of hydrogen-bond donors (Lipinski definition) is 3. The molecular weight excluding hydrogens is 350 g/mol. The van der Waals surface area contributed by atoms with Crippen LogP contribution in [0, 0.1) is 10.1 Å². The molecule has 9 nitrogen and oxygen atoms in total. The van der Waals surface area contributed by atoms with Crippen LogP contribution >= 0.6 is 11.6 Å². The lowest BCUT2D eigenvalue weighted by molar-refractivity contribution is -0.384. The predicted molar refractivity (Wildman–Crippen MR) is 92.5 cm³/mol. The second kappa shape index (κ2) is 7.69. The molecule has 0 radical (unpaired) electrons. The van der Waals surface area contributed by atoms with Crippen molar-refractivity contribution in [3.8, 4) is 11.1 Å². The minimum atomic E-state index is -1.33. The summed E-state index contributed by atoms with van der Waals surface area (Å²) in [6.45, 7) is 3.60. The average Bonchev–Trinajstić information content (AvgIpc) is 2.55. The first kappa shape index (κ1) is 18.3. The molecule has 0 aliphatic heterocycles. The summed E-state index contributed by atoms with van der Waals surface area (Å²) in [4.78, 5) is 21.4. The summed E-state index contributed by atoms with van der Waals surface area (Å²) >= 11 is 6.05. The van der Waals surface area contributed by atoms with Crippen LogP contribution in [0.25, 0.3) is 11.1 Å². The molecule has 0 aliphatic rings. The van der Waals surface area contributed by atoms with Gasteiger partial charge in [-0.05, 0) is 24.6 Å². The van der Waals surface area contributed by atoms with Crippen molar-refractivity contribution in [2.24, 2.45) is 5.73 Å². The summed E-state index contributed by atoms with van der Waals surface area (Å²) in [5.41, 5.74) is 6.54. The van der Waals surface area contributed by atoms with Crippen LogP contribution in [0.2, 0.25) is 5.15 Å². The van der Waals surface area contributed by atoms with Gasteiger partial charge in [-0.1, -0.05) is 17.7 Å². The Morgan fingerprint density at radius 3 is 2.76 bits per heavy atom. The number of nitro groups is 1. The van der Waals surface area contributed by atoms with E-state index >= 15 is 0 Å². The van der Waals surface area contributed by atoms with Crippen molar-refractivity contribution in [2.45, 2.75) is 12.5 Å². The van der Waals surface area contributed by atoms with Crippen LogP contribution in [0.15, 0.2) is 36.9 Å². The van der Waals surface area contributed by atoms with E-state index in [0.717, 1.165) is 6.07 Å². The van der Waals surface area contributed by atoms with Crippen molar-refractivity contribution in [2.75, 3.05) is 5.32 Å². The van der Waals surface area contributed by atoms with Gasteiger partial charge in [-0.15, -0.1) is 11.7 Å². The molecule has 1 aromatic heterocycles. The number of carbonyl (C=O) groups is 1. The summed E-state index contributed by atoms with van der Waals surface area (Å²) < 4.78 is 0.